The van der Waals surface area contributed by atoms with E-state index in [-0.39, 0.29) is 0 Å². The van der Waals surface area contributed by atoms with Gasteiger partial charge in [-0.3, -0.25) is 4.79 Å². The van der Waals surface area contributed by atoms with Crippen LogP contribution in [0.5, 0.6) is 5.75 Å². The Labute approximate surface area is 98.4 Å². The second kappa shape index (κ2) is 5.18. The van der Waals surface area contributed by atoms with Crippen molar-refractivity contribution in [2.45, 2.75) is 0 Å². The van der Waals surface area contributed by atoms with Crippen molar-refractivity contribution < 1.29 is 27.1 Å². The van der Waals surface area contributed by atoms with Crippen molar-refractivity contribution in [3.8, 4) is 5.75 Å². The highest BCUT2D eigenvalue weighted by Gasteiger charge is 2.26. The van der Waals surface area contributed by atoms with Crippen LogP contribution in [0.3, 0.4) is 0 Å². The van der Waals surface area contributed by atoms with Gasteiger partial charge in [-0.05, 0) is 0 Å². The minimum atomic E-state index is -1.82. The average molecular weight is 269 g/mol. The van der Waals surface area contributed by atoms with Crippen molar-refractivity contribution >= 4 is 23.6 Å². The molecule has 1 rings (SSSR count). The lowest BCUT2D eigenvalue weighted by molar-refractivity contribution is -0.132. The van der Waals surface area contributed by atoms with E-state index in [0.29, 0.717) is 6.08 Å². The number of carbonyl (C=O) groups is 1. The summed E-state index contributed by atoms with van der Waals surface area (Å²) in [4.78, 5) is 10.7. The van der Waals surface area contributed by atoms with Crippen molar-refractivity contribution in [2.75, 3.05) is 5.88 Å². The number of benzene rings is 1. The number of alkyl halides is 1. The molecular formula is C10H5ClF4O2. The molecule has 0 saturated carbocycles. The third kappa shape index (κ3) is 2.41. The highest BCUT2D eigenvalue weighted by Crippen LogP contribution is 2.30. The third-order valence-electron chi connectivity index (χ3n) is 1.79. The van der Waals surface area contributed by atoms with Crippen LogP contribution in [-0.2, 0) is 4.79 Å². The summed E-state index contributed by atoms with van der Waals surface area (Å²) in [7, 11) is 0. The van der Waals surface area contributed by atoms with Crippen molar-refractivity contribution in [2.24, 2.45) is 0 Å². The first-order valence-corrected chi connectivity index (χ1v) is 4.72. The van der Waals surface area contributed by atoms with Gasteiger partial charge in [0.15, 0.2) is 11.6 Å². The minimum Gasteiger partial charge on any atom is -0.419 e. The maximum Gasteiger partial charge on any atom is 0.326 e. The van der Waals surface area contributed by atoms with Gasteiger partial charge in [-0.15, -0.1) is 11.6 Å². The Balaban J connectivity index is 3.42. The monoisotopic (exact) mass is 268 g/mol. The van der Waals surface area contributed by atoms with Gasteiger partial charge in [0.1, 0.15) is 5.88 Å². The lowest BCUT2D eigenvalue weighted by Crippen LogP contribution is -2.14. The van der Waals surface area contributed by atoms with Crippen LogP contribution in [-0.4, -0.2) is 11.8 Å². The summed E-state index contributed by atoms with van der Waals surface area (Å²) in [5.41, 5.74) is -0.981. The molecule has 0 bridgehead atoms. The fourth-order valence-corrected chi connectivity index (χ4v) is 1.09. The lowest BCUT2D eigenvalue weighted by Gasteiger charge is -2.09. The van der Waals surface area contributed by atoms with Crippen molar-refractivity contribution in [3.63, 3.8) is 0 Å². The second-order valence-electron chi connectivity index (χ2n) is 2.81. The van der Waals surface area contributed by atoms with E-state index in [4.69, 9.17) is 11.6 Å². The van der Waals surface area contributed by atoms with E-state index in [9.17, 15) is 22.4 Å². The van der Waals surface area contributed by atoms with Gasteiger partial charge < -0.3 is 4.74 Å². The molecule has 0 aromatic heterocycles. The molecule has 1 aromatic rings. The van der Waals surface area contributed by atoms with E-state index in [1.165, 1.54) is 0 Å². The van der Waals surface area contributed by atoms with Crippen LogP contribution in [0.4, 0.5) is 17.6 Å². The Morgan fingerprint density at radius 2 is 1.65 bits per heavy atom. The average Bonchev–Trinajstić information content (AvgIpc) is 2.32. The topological polar surface area (TPSA) is 26.3 Å². The maximum absolute atomic E-state index is 13.2. The molecule has 17 heavy (non-hydrogen) atoms. The molecule has 0 aliphatic carbocycles. The molecule has 92 valence electrons. The maximum atomic E-state index is 13.2. The van der Waals surface area contributed by atoms with E-state index in [2.05, 4.69) is 11.3 Å². The standard InChI is InChI=1S/C10H5ClF4O2/c1-2-4-6(12)8(14)10(9(15)7(4)13)17-5(16)3-11/h2H,1,3H2. The first-order chi connectivity index (χ1) is 7.93. The van der Waals surface area contributed by atoms with Gasteiger partial charge in [-0.25, -0.2) is 8.78 Å². The van der Waals surface area contributed by atoms with Crippen LogP contribution in [0.15, 0.2) is 6.58 Å². The van der Waals surface area contributed by atoms with Crippen LogP contribution in [0.1, 0.15) is 5.56 Å². The van der Waals surface area contributed by atoms with E-state index >= 15 is 0 Å². The number of hydrogen-bond donors (Lipinski definition) is 0. The van der Waals surface area contributed by atoms with Gasteiger partial charge >= 0.3 is 5.97 Å². The smallest absolute Gasteiger partial charge is 0.326 e. The Hall–Kier alpha value is -1.56. The van der Waals surface area contributed by atoms with E-state index in [0.717, 1.165) is 0 Å². The number of ether oxygens (including phenoxy) is 1. The lowest BCUT2D eigenvalue weighted by atomic mass is 10.1. The van der Waals surface area contributed by atoms with Crippen LogP contribution in [0.25, 0.3) is 6.08 Å². The Bertz CT molecular complexity index is 459. The fraction of sp³-hybridized carbons (Fsp3) is 0.100. The molecule has 0 fully saturated rings. The minimum absolute atomic E-state index is 0.601. The SMILES string of the molecule is C=Cc1c(F)c(F)c(OC(=O)CCl)c(F)c1F. The van der Waals surface area contributed by atoms with Crippen molar-refractivity contribution in [1.29, 1.82) is 0 Å². The van der Waals surface area contributed by atoms with Crippen LogP contribution in [0, 0.1) is 23.3 Å². The van der Waals surface area contributed by atoms with E-state index < -0.39 is 46.4 Å². The summed E-state index contributed by atoms with van der Waals surface area (Å²) >= 11 is 5.02. The van der Waals surface area contributed by atoms with Gasteiger partial charge in [0, 0.05) is 0 Å². The second-order valence-corrected chi connectivity index (χ2v) is 3.08. The van der Waals surface area contributed by atoms with Gasteiger partial charge in [-0.2, -0.15) is 8.78 Å². The summed E-state index contributed by atoms with van der Waals surface area (Å²) in [6.07, 6.45) is 0.601. The van der Waals surface area contributed by atoms with Crippen molar-refractivity contribution in [3.05, 3.63) is 35.4 Å². The summed E-state index contributed by atoms with van der Waals surface area (Å²) in [6.45, 7) is 3.00. The van der Waals surface area contributed by atoms with Gasteiger partial charge in [0.25, 0.3) is 0 Å². The van der Waals surface area contributed by atoms with Gasteiger partial charge in [-0.1, -0.05) is 12.7 Å². The molecule has 2 nitrogen and oxygen atoms in total. The van der Waals surface area contributed by atoms with Gasteiger partial charge in [0.2, 0.25) is 17.4 Å². The van der Waals surface area contributed by atoms with Crippen molar-refractivity contribution in [1.82, 2.24) is 0 Å². The molecular weight excluding hydrogens is 264 g/mol. The molecule has 0 atom stereocenters. The summed E-state index contributed by atoms with van der Waals surface area (Å²) in [5, 5.41) is 0. The highest BCUT2D eigenvalue weighted by atomic mass is 35.5. The van der Waals surface area contributed by atoms with Crippen LogP contribution >= 0.6 is 11.6 Å². The largest absolute Gasteiger partial charge is 0.419 e. The predicted octanol–water partition coefficient (Wildman–Crippen LogP) is 3.03. The zero-order valence-electron chi connectivity index (χ0n) is 8.20. The number of carbonyl (C=O) groups excluding carboxylic acids is 1. The molecule has 0 amide bonds. The molecule has 0 heterocycles. The first-order valence-electron chi connectivity index (χ1n) is 4.19. The van der Waals surface area contributed by atoms with E-state index in [1.807, 2.05) is 0 Å². The Morgan fingerprint density at radius 3 is 2.00 bits per heavy atom. The Morgan fingerprint density at radius 1 is 1.18 bits per heavy atom. The number of esters is 1. The van der Waals surface area contributed by atoms with Crippen LogP contribution < -0.4 is 4.74 Å². The molecule has 1 aromatic carbocycles. The normalized spacial score (nSPS) is 10.2. The quantitative estimate of drug-likeness (QED) is 0.277. The molecule has 0 radical (unpaired) electrons. The molecule has 7 heteroatoms. The first kappa shape index (κ1) is 13.5. The molecule has 0 aliphatic rings. The molecule has 0 saturated heterocycles. The molecule has 0 spiro atoms. The number of halogens is 5. The summed E-state index contributed by atoms with van der Waals surface area (Å²) in [5.74, 6) is -10.5. The molecule has 0 unspecified atom stereocenters. The fourth-order valence-electron chi connectivity index (χ4n) is 1.04. The molecule has 0 N–H and O–H groups in total. The highest BCUT2D eigenvalue weighted by molar-refractivity contribution is 6.26. The third-order valence-corrected chi connectivity index (χ3v) is 2.00. The summed E-state index contributed by atoms with van der Waals surface area (Å²) < 4.78 is 56.9. The zero-order valence-corrected chi connectivity index (χ0v) is 8.95. The number of rotatable bonds is 3. The van der Waals surface area contributed by atoms with E-state index in [1.54, 1.807) is 0 Å². The predicted molar refractivity (Wildman–Crippen MR) is 52.7 cm³/mol. The van der Waals surface area contributed by atoms with Crippen LogP contribution in [0.2, 0.25) is 0 Å². The molecule has 0 aliphatic heterocycles. The summed E-state index contributed by atoms with van der Waals surface area (Å²) in [6, 6.07) is 0. The van der Waals surface area contributed by atoms with Gasteiger partial charge in [0.05, 0.1) is 5.56 Å². The number of hydrogen-bond acceptors (Lipinski definition) is 2. The zero-order chi connectivity index (χ0) is 13.2. The Kier molecular flexibility index (Phi) is 4.11.